The van der Waals surface area contributed by atoms with Gasteiger partial charge in [-0.05, 0) is 68.5 Å². The SMILES string of the molecule is Oc1c(-c2cccc3c2Cc2ccccc2-3)cccc1-c1cccc2c1Cc1ccccc1-2. The fraction of sp³-hybridized carbons (Fsp3) is 0.0625. The largest absolute Gasteiger partial charge is 0.507 e. The Kier molecular flexibility index (Phi) is 3.89. The molecule has 0 heterocycles. The minimum Gasteiger partial charge on any atom is -0.507 e. The van der Waals surface area contributed by atoms with E-state index in [2.05, 4.69) is 103 Å². The zero-order chi connectivity index (χ0) is 21.9. The summed E-state index contributed by atoms with van der Waals surface area (Å²) in [5.41, 5.74) is 14.6. The molecule has 1 nitrogen and oxygen atoms in total. The van der Waals surface area contributed by atoms with Crippen LogP contribution >= 0.6 is 0 Å². The summed E-state index contributed by atoms with van der Waals surface area (Å²) < 4.78 is 0. The molecule has 5 aromatic rings. The molecule has 1 N–H and O–H groups in total. The molecule has 156 valence electrons. The van der Waals surface area contributed by atoms with E-state index in [1.54, 1.807) is 0 Å². The van der Waals surface area contributed by atoms with Gasteiger partial charge in [0.15, 0.2) is 0 Å². The van der Waals surface area contributed by atoms with Gasteiger partial charge in [0, 0.05) is 11.1 Å². The van der Waals surface area contributed by atoms with Gasteiger partial charge >= 0.3 is 0 Å². The van der Waals surface area contributed by atoms with Crippen LogP contribution in [0.25, 0.3) is 44.5 Å². The standard InChI is InChI=1S/C32H22O/c33-32-28(26-14-5-12-24-22-10-3-1-8-20(22)18-30(24)26)16-7-17-29(32)27-15-6-13-25-23-11-4-2-9-21(23)19-31(25)27/h1-17,33H,18-19H2. The van der Waals surface area contributed by atoms with Crippen molar-refractivity contribution in [2.45, 2.75) is 12.8 Å². The lowest BCUT2D eigenvalue weighted by Gasteiger charge is -2.15. The highest BCUT2D eigenvalue weighted by Crippen LogP contribution is 2.48. The Bertz CT molecular complexity index is 1460. The highest BCUT2D eigenvalue weighted by atomic mass is 16.3. The molecule has 0 aromatic heterocycles. The zero-order valence-electron chi connectivity index (χ0n) is 18.2. The predicted molar refractivity (Wildman–Crippen MR) is 135 cm³/mol. The van der Waals surface area contributed by atoms with E-state index in [1.807, 2.05) is 0 Å². The molecule has 5 aromatic carbocycles. The van der Waals surface area contributed by atoms with Crippen LogP contribution in [0.2, 0.25) is 0 Å². The van der Waals surface area contributed by atoms with Crippen molar-refractivity contribution in [1.29, 1.82) is 0 Å². The van der Waals surface area contributed by atoms with E-state index in [-0.39, 0.29) is 0 Å². The fourth-order valence-electron chi connectivity index (χ4n) is 5.80. The lowest BCUT2D eigenvalue weighted by atomic mass is 9.90. The van der Waals surface area contributed by atoms with Gasteiger partial charge in [0.2, 0.25) is 0 Å². The van der Waals surface area contributed by atoms with E-state index < -0.39 is 0 Å². The fourth-order valence-corrected chi connectivity index (χ4v) is 5.80. The Morgan fingerprint density at radius 1 is 0.364 bits per heavy atom. The Morgan fingerprint density at radius 2 is 0.697 bits per heavy atom. The molecule has 0 saturated heterocycles. The van der Waals surface area contributed by atoms with Crippen LogP contribution in [0, 0.1) is 0 Å². The minimum absolute atomic E-state index is 0.367. The molecule has 1 heteroatoms. The summed E-state index contributed by atoms with van der Waals surface area (Å²) in [6.07, 6.45) is 1.81. The average molecular weight is 423 g/mol. The number of fused-ring (bicyclic) bond motifs is 6. The molecule has 33 heavy (non-hydrogen) atoms. The normalized spacial score (nSPS) is 12.7. The first kappa shape index (κ1) is 18.5. The molecule has 0 amide bonds. The maximum Gasteiger partial charge on any atom is 0.131 e. The van der Waals surface area contributed by atoms with Crippen molar-refractivity contribution in [3.8, 4) is 50.3 Å². The van der Waals surface area contributed by atoms with E-state index in [1.165, 1.54) is 44.5 Å². The molecule has 0 unspecified atom stereocenters. The van der Waals surface area contributed by atoms with E-state index in [4.69, 9.17) is 0 Å². The Morgan fingerprint density at radius 3 is 1.15 bits per heavy atom. The first-order valence-electron chi connectivity index (χ1n) is 11.5. The summed E-state index contributed by atoms with van der Waals surface area (Å²) in [7, 11) is 0. The van der Waals surface area contributed by atoms with Gasteiger partial charge < -0.3 is 5.11 Å². The molecular weight excluding hydrogens is 400 g/mol. The number of phenols is 1. The van der Waals surface area contributed by atoms with Crippen LogP contribution in [0.5, 0.6) is 5.75 Å². The Hall–Kier alpha value is -4.10. The van der Waals surface area contributed by atoms with E-state index in [0.29, 0.717) is 5.75 Å². The lowest BCUT2D eigenvalue weighted by Crippen LogP contribution is -1.92. The van der Waals surface area contributed by atoms with Crippen molar-refractivity contribution in [1.82, 2.24) is 0 Å². The van der Waals surface area contributed by atoms with Gasteiger partial charge in [0.1, 0.15) is 5.75 Å². The average Bonchev–Trinajstić information content (AvgIpc) is 3.43. The zero-order valence-corrected chi connectivity index (χ0v) is 18.2. The number of para-hydroxylation sites is 1. The molecular formula is C32H22O. The van der Waals surface area contributed by atoms with Gasteiger partial charge in [-0.25, -0.2) is 0 Å². The number of phenolic OH excluding ortho intramolecular Hbond substituents is 1. The van der Waals surface area contributed by atoms with Crippen molar-refractivity contribution in [3.05, 3.63) is 125 Å². The molecule has 0 fully saturated rings. The van der Waals surface area contributed by atoms with Crippen molar-refractivity contribution in [2.24, 2.45) is 0 Å². The van der Waals surface area contributed by atoms with Crippen molar-refractivity contribution >= 4 is 0 Å². The summed E-state index contributed by atoms with van der Waals surface area (Å²) in [5, 5.41) is 11.6. The van der Waals surface area contributed by atoms with E-state index in [0.717, 1.165) is 35.1 Å². The second-order valence-corrected chi connectivity index (χ2v) is 9.03. The summed E-state index contributed by atoms with van der Waals surface area (Å²) in [6.45, 7) is 0. The lowest BCUT2D eigenvalue weighted by molar-refractivity contribution is 0.479. The summed E-state index contributed by atoms with van der Waals surface area (Å²) in [4.78, 5) is 0. The highest BCUT2D eigenvalue weighted by molar-refractivity contribution is 5.92. The summed E-state index contributed by atoms with van der Waals surface area (Å²) >= 11 is 0. The number of rotatable bonds is 2. The third kappa shape index (κ3) is 2.66. The predicted octanol–water partition coefficient (Wildman–Crippen LogP) is 7.87. The summed E-state index contributed by atoms with van der Waals surface area (Å²) in [6, 6.07) is 36.3. The Balaban J connectivity index is 1.39. The molecule has 7 rings (SSSR count). The van der Waals surface area contributed by atoms with E-state index >= 15 is 0 Å². The van der Waals surface area contributed by atoms with Crippen LogP contribution in [0.15, 0.2) is 103 Å². The van der Waals surface area contributed by atoms with Crippen LogP contribution in [-0.2, 0) is 12.8 Å². The van der Waals surface area contributed by atoms with E-state index in [9.17, 15) is 5.11 Å². The quantitative estimate of drug-likeness (QED) is 0.300. The highest BCUT2D eigenvalue weighted by Gasteiger charge is 2.25. The third-order valence-corrected chi connectivity index (χ3v) is 7.32. The second-order valence-electron chi connectivity index (χ2n) is 9.03. The topological polar surface area (TPSA) is 20.2 Å². The molecule has 0 aliphatic heterocycles. The maximum atomic E-state index is 11.6. The van der Waals surface area contributed by atoms with Gasteiger partial charge in [-0.15, -0.1) is 0 Å². The van der Waals surface area contributed by atoms with Gasteiger partial charge in [-0.3, -0.25) is 0 Å². The van der Waals surface area contributed by atoms with Gasteiger partial charge in [0.05, 0.1) is 0 Å². The summed E-state index contributed by atoms with van der Waals surface area (Å²) in [5.74, 6) is 0.367. The van der Waals surface area contributed by atoms with Gasteiger partial charge in [-0.1, -0.05) is 103 Å². The number of benzene rings is 5. The molecule has 2 aliphatic rings. The van der Waals surface area contributed by atoms with Crippen LogP contribution in [0.4, 0.5) is 0 Å². The second kappa shape index (κ2) is 6.95. The number of hydrogen-bond donors (Lipinski definition) is 1. The minimum atomic E-state index is 0.367. The van der Waals surface area contributed by atoms with Crippen LogP contribution in [0.3, 0.4) is 0 Å². The first-order valence-corrected chi connectivity index (χ1v) is 11.5. The Labute approximate surface area is 193 Å². The van der Waals surface area contributed by atoms with Crippen LogP contribution < -0.4 is 0 Å². The monoisotopic (exact) mass is 422 g/mol. The molecule has 0 spiro atoms. The smallest absolute Gasteiger partial charge is 0.131 e. The maximum absolute atomic E-state index is 11.6. The number of hydrogen-bond acceptors (Lipinski definition) is 1. The van der Waals surface area contributed by atoms with Crippen molar-refractivity contribution in [3.63, 3.8) is 0 Å². The van der Waals surface area contributed by atoms with Crippen LogP contribution in [-0.4, -0.2) is 5.11 Å². The molecule has 0 atom stereocenters. The van der Waals surface area contributed by atoms with Gasteiger partial charge in [-0.2, -0.15) is 0 Å². The molecule has 0 bridgehead atoms. The molecule has 2 aliphatic carbocycles. The molecule has 0 radical (unpaired) electrons. The van der Waals surface area contributed by atoms with Crippen LogP contribution in [0.1, 0.15) is 22.3 Å². The van der Waals surface area contributed by atoms with Gasteiger partial charge in [0.25, 0.3) is 0 Å². The van der Waals surface area contributed by atoms with Crippen molar-refractivity contribution in [2.75, 3.05) is 0 Å². The number of aromatic hydroxyl groups is 1. The molecule has 0 saturated carbocycles. The van der Waals surface area contributed by atoms with Crippen molar-refractivity contribution < 1.29 is 5.11 Å². The third-order valence-electron chi connectivity index (χ3n) is 7.32. The first-order chi connectivity index (χ1) is 16.3.